The van der Waals surface area contributed by atoms with Crippen LogP contribution in [0.4, 0.5) is 0 Å². The van der Waals surface area contributed by atoms with Gasteiger partial charge in [-0.3, -0.25) is 4.79 Å². The third-order valence-corrected chi connectivity index (χ3v) is 3.88. The van der Waals surface area contributed by atoms with Gasteiger partial charge in [-0.2, -0.15) is 0 Å². The Labute approximate surface area is 130 Å². The van der Waals surface area contributed by atoms with Gasteiger partial charge in [0.25, 0.3) is 0 Å². The molecule has 22 heavy (non-hydrogen) atoms. The molecule has 0 aromatic heterocycles. The van der Waals surface area contributed by atoms with Crippen molar-refractivity contribution in [2.24, 2.45) is 0 Å². The SMILES string of the molecule is COc1ccc2c(c1)CC(C(=O)OCc1ccccc1)NC2. The highest BCUT2D eigenvalue weighted by molar-refractivity contribution is 5.76. The molecule has 2 aromatic rings. The number of hydrogen-bond donors (Lipinski definition) is 1. The second kappa shape index (κ2) is 6.62. The van der Waals surface area contributed by atoms with Crippen LogP contribution in [0.15, 0.2) is 48.5 Å². The molecule has 0 bridgehead atoms. The molecule has 0 radical (unpaired) electrons. The van der Waals surface area contributed by atoms with Gasteiger partial charge in [-0.15, -0.1) is 0 Å². The highest BCUT2D eigenvalue weighted by Crippen LogP contribution is 2.22. The van der Waals surface area contributed by atoms with E-state index in [1.165, 1.54) is 5.56 Å². The molecule has 1 unspecified atom stereocenters. The maximum absolute atomic E-state index is 12.2. The number of carbonyl (C=O) groups is 1. The average molecular weight is 297 g/mol. The van der Waals surface area contributed by atoms with E-state index >= 15 is 0 Å². The van der Waals surface area contributed by atoms with Gasteiger partial charge in [-0.05, 0) is 35.2 Å². The van der Waals surface area contributed by atoms with E-state index in [0.29, 0.717) is 19.6 Å². The standard InChI is InChI=1S/C18H19NO3/c1-21-16-8-7-14-11-19-17(10-15(14)9-16)18(20)22-12-13-5-3-2-4-6-13/h2-9,17,19H,10-12H2,1H3. The second-order valence-electron chi connectivity index (χ2n) is 5.37. The summed E-state index contributed by atoms with van der Waals surface area (Å²) in [4.78, 5) is 12.2. The van der Waals surface area contributed by atoms with Crippen molar-refractivity contribution in [3.05, 3.63) is 65.2 Å². The summed E-state index contributed by atoms with van der Waals surface area (Å²) in [5.41, 5.74) is 3.33. The summed E-state index contributed by atoms with van der Waals surface area (Å²) in [6.45, 7) is 0.979. The number of ether oxygens (including phenoxy) is 2. The first kappa shape index (κ1) is 14.6. The van der Waals surface area contributed by atoms with Crippen LogP contribution in [-0.2, 0) is 29.1 Å². The van der Waals surface area contributed by atoms with Gasteiger partial charge in [0, 0.05) is 6.54 Å². The van der Waals surface area contributed by atoms with Crippen LogP contribution >= 0.6 is 0 Å². The number of carbonyl (C=O) groups excluding carboxylic acids is 1. The largest absolute Gasteiger partial charge is 0.497 e. The minimum Gasteiger partial charge on any atom is -0.497 e. The summed E-state index contributed by atoms with van der Waals surface area (Å²) < 4.78 is 10.7. The first-order valence-electron chi connectivity index (χ1n) is 7.36. The van der Waals surface area contributed by atoms with Crippen LogP contribution in [0.25, 0.3) is 0 Å². The fraction of sp³-hybridized carbons (Fsp3) is 0.278. The maximum atomic E-state index is 12.2. The molecule has 0 saturated heterocycles. The zero-order chi connectivity index (χ0) is 15.4. The highest BCUT2D eigenvalue weighted by Gasteiger charge is 2.25. The van der Waals surface area contributed by atoms with Crippen LogP contribution in [0, 0.1) is 0 Å². The lowest BCUT2D eigenvalue weighted by Gasteiger charge is -2.25. The van der Waals surface area contributed by atoms with Crippen LogP contribution in [0.3, 0.4) is 0 Å². The lowest BCUT2D eigenvalue weighted by atomic mass is 9.95. The quantitative estimate of drug-likeness (QED) is 0.881. The summed E-state index contributed by atoms with van der Waals surface area (Å²) in [5, 5.41) is 3.23. The molecular formula is C18H19NO3. The topological polar surface area (TPSA) is 47.6 Å². The Hall–Kier alpha value is -2.33. The number of benzene rings is 2. The van der Waals surface area contributed by atoms with Gasteiger partial charge in [0.05, 0.1) is 7.11 Å². The number of fused-ring (bicyclic) bond motifs is 1. The minimum atomic E-state index is -0.302. The predicted octanol–water partition coefficient (Wildman–Crippen LogP) is 2.45. The number of methoxy groups -OCH3 is 1. The lowest BCUT2D eigenvalue weighted by molar-refractivity contribution is -0.147. The van der Waals surface area contributed by atoms with E-state index in [-0.39, 0.29) is 12.0 Å². The fourth-order valence-electron chi connectivity index (χ4n) is 2.61. The molecule has 0 spiro atoms. The van der Waals surface area contributed by atoms with Crippen LogP contribution in [0.2, 0.25) is 0 Å². The maximum Gasteiger partial charge on any atom is 0.323 e. The third-order valence-electron chi connectivity index (χ3n) is 3.88. The van der Waals surface area contributed by atoms with Crippen LogP contribution in [0.1, 0.15) is 16.7 Å². The number of hydrogen-bond acceptors (Lipinski definition) is 4. The first-order chi connectivity index (χ1) is 10.8. The van der Waals surface area contributed by atoms with Crippen molar-refractivity contribution >= 4 is 5.97 Å². The molecule has 0 amide bonds. The van der Waals surface area contributed by atoms with Crippen molar-refractivity contribution in [1.29, 1.82) is 0 Å². The van der Waals surface area contributed by atoms with Gasteiger partial charge in [0.15, 0.2) is 0 Å². The summed E-state index contributed by atoms with van der Waals surface area (Å²) in [7, 11) is 1.65. The van der Waals surface area contributed by atoms with Gasteiger partial charge in [0.1, 0.15) is 18.4 Å². The minimum absolute atomic E-state index is 0.211. The molecule has 0 saturated carbocycles. The van der Waals surface area contributed by atoms with E-state index in [9.17, 15) is 4.79 Å². The van der Waals surface area contributed by atoms with Crippen molar-refractivity contribution in [1.82, 2.24) is 5.32 Å². The molecule has 114 valence electrons. The van der Waals surface area contributed by atoms with E-state index in [1.807, 2.05) is 48.5 Å². The summed E-state index contributed by atoms with van der Waals surface area (Å²) in [6, 6.07) is 15.4. The Bertz CT molecular complexity index is 655. The molecule has 3 rings (SSSR count). The zero-order valence-corrected chi connectivity index (χ0v) is 12.5. The molecule has 1 aliphatic rings. The third kappa shape index (κ3) is 3.28. The van der Waals surface area contributed by atoms with Crippen LogP contribution in [-0.4, -0.2) is 19.1 Å². The molecule has 1 N–H and O–H groups in total. The van der Waals surface area contributed by atoms with Crippen LogP contribution < -0.4 is 10.1 Å². The van der Waals surface area contributed by atoms with Gasteiger partial charge < -0.3 is 14.8 Å². The van der Waals surface area contributed by atoms with Gasteiger partial charge in [0.2, 0.25) is 0 Å². The highest BCUT2D eigenvalue weighted by atomic mass is 16.5. The lowest BCUT2D eigenvalue weighted by Crippen LogP contribution is -2.42. The van der Waals surface area contributed by atoms with Crippen LogP contribution in [0.5, 0.6) is 5.75 Å². The summed E-state index contributed by atoms with van der Waals surface area (Å²) >= 11 is 0. The molecule has 0 aliphatic carbocycles. The summed E-state index contributed by atoms with van der Waals surface area (Å²) in [6.07, 6.45) is 0.625. The molecule has 1 atom stereocenters. The number of rotatable bonds is 4. The van der Waals surface area contributed by atoms with E-state index in [2.05, 4.69) is 5.32 Å². The van der Waals surface area contributed by atoms with Crippen molar-refractivity contribution in [3.63, 3.8) is 0 Å². The Morgan fingerprint density at radius 2 is 2.00 bits per heavy atom. The fourth-order valence-corrected chi connectivity index (χ4v) is 2.61. The van der Waals surface area contributed by atoms with Crippen molar-refractivity contribution in [2.75, 3.05) is 7.11 Å². The van der Waals surface area contributed by atoms with Crippen molar-refractivity contribution in [3.8, 4) is 5.75 Å². The van der Waals surface area contributed by atoms with Gasteiger partial charge in [-0.25, -0.2) is 0 Å². The number of esters is 1. The molecule has 0 fully saturated rings. The van der Waals surface area contributed by atoms with E-state index in [1.54, 1.807) is 7.11 Å². The normalized spacial score (nSPS) is 16.7. The smallest absolute Gasteiger partial charge is 0.323 e. The summed E-state index contributed by atoms with van der Waals surface area (Å²) in [5.74, 6) is 0.606. The Morgan fingerprint density at radius 1 is 1.18 bits per heavy atom. The van der Waals surface area contributed by atoms with E-state index < -0.39 is 0 Å². The van der Waals surface area contributed by atoms with Gasteiger partial charge >= 0.3 is 5.97 Å². The Kier molecular flexibility index (Phi) is 4.39. The second-order valence-corrected chi connectivity index (χ2v) is 5.37. The molecule has 1 heterocycles. The Balaban J connectivity index is 1.62. The van der Waals surface area contributed by atoms with Crippen molar-refractivity contribution < 1.29 is 14.3 Å². The van der Waals surface area contributed by atoms with E-state index in [4.69, 9.17) is 9.47 Å². The number of nitrogens with one attached hydrogen (secondary N) is 1. The Morgan fingerprint density at radius 3 is 2.77 bits per heavy atom. The average Bonchev–Trinajstić information content (AvgIpc) is 2.59. The van der Waals surface area contributed by atoms with E-state index in [0.717, 1.165) is 16.9 Å². The molecule has 2 aromatic carbocycles. The molecule has 1 aliphatic heterocycles. The van der Waals surface area contributed by atoms with Gasteiger partial charge in [-0.1, -0.05) is 36.4 Å². The monoisotopic (exact) mass is 297 g/mol. The van der Waals surface area contributed by atoms with Crippen molar-refractivity contribution in [2.45, 2.75) is 25.6 Å². The zero-order valence-electron chi connectivity index (χ0n) is 12.5. The molecule has 4 heteroatoms. The molecule has 4 nitrogen and oxygen atoms in total. The molecular weight excluding hydrogens is 278 g/mol. The first-order valence-corrected chi connectivity index (χ1v) is 7.36. The predicted molar refractivity (Wildman–Crippen MR) is 83.6 cm³/mol.